The van der Waals surface area contributed by atoms with Crippen LogP contribution < -0.4 is 0 Å². The van der Waals surface area contributed by atoms with Crippen molar-refractivity contribution in [2.45, 2.75) is 76.9 Å². The van der Waals surface area contributed by atoms with E-state index in [2.05, 4.69) is 13.5 Å². The summed E-state index contributed by atoms with van der Waals surface area (Å²) in [4.78, 5) is 25.5. The number of rotatable bonds is 4. The van der Waals surface area contributed by atoms with E-state index in [9.17, 15) is 19.8 Å². The van der Waals surface area contributed by atoms with Gasteiger partial charge in [-0.25, -0.2) is 4.79 Å². The zero-order valence-corrected chi connectivity index (χ0v) is 20.3. The number of aliphatic carboxylic acids is 1. The second kappa shape index (κ2) is 7.81. The summed E-state index contributed by atoms with van der Waals surface area (Å²) in [6.07, 6.45) is 8.37. The largest absolute Gasteiger partial charge is 0.481 e. The number of carbonyl (C=O) groups is 2. The number of benzene rings is 1. The quantitative estimate of drug-likeness (QED) is 0.355. The monoisotopic (exact) mass is 464 g/mol. The van der Waals surface area contributed by atoms with Crippen LogP contribution in [0.1, 0.15) is 70.8 Å². The Kier molecular flexibility index (Phi) is 5.36. The molecule has 34 heavy (non-hydrogen) atoms. The summed E-state index contributed by atoms with van der Waals surface area (Å²) in [5, 5.41) is 22.9. The molecule has 0 radical (unpaired) electrons. The van der Waals surface area contributed by atoms with Gasteiger partial charge >= 0.3 is 11.9 Å². The Morgan fingerprint density at radius 1 is 1.09 bits per heavy atom. The van der Waals surface area contributed by atoms with Gasteiger partial charge in [0.15, 0.2) is 0 Å². The third kappa shape index (κ3) is 3.08. The Morgan fingerprint density at radius 2 is 1.82 bits per heavy atom. The zero-order valence-electron chi connectivity index (χ0n) is 20.3. The van der Waals surface area contributed by atoms with E-state index in [-0.39, 0.29) is 11.3 Å². The van der Waals surface area contributed by atoms with Crippen molar-refractivity contribution >= 4 is 18.0 Å². The Bertz CT molecular complexity index is 1050. The fourth-order valence-corrected chi connectivity index (χ4v) is 8.53. The molecule has 4 aliphatic carbocycles. The first-order chi connectivity index (χ1) is 16.1. The van der Waals surface area contributed by atoms with Gasteiger partial charge in [0.1, 0.15) is 11.5 Å². The molecule has 7 atom stereocenters. The van der Waals surface area contributed by atoms with Crippen molar-refractivity contribution in [2.75, 3.05) is 0 Å². The van der Waals surface area contributed by atoms with Crippen LogP contribution >= 0.6 is 0 Å². The molecule has 1 aromatic carbocycles. The normalized spacial score (nSPS) is 43.3. The molecule has 4 fully saturated rings. The number of fused-ring (bicyclic) bond motifs is 3. The summed E-state index contributed by atoms with van der Waals surface area (Å²) >= 11 is 0. The predicted octanol–water partition coefficient (Wildman–Crippen LogP) is 5.39. The number of carbonyl (C=O) groups excluding carboxylic acids is 1. The van der Waals surface area contributed by atoms with Crippen molar-refractivity contribution in [2.24, 2.45) is 28.1 Å². The van der Waals surface area contributed by atoms with Crippen molar-refractivity contribution in [1.29, 1.82) is 0 Å². The molecule has 0 aromatic heterocycles. The molecule has 5 nitrogen and oxygen atoms in total. The van der Waals surface area contributed by atoms with Gasteiger partial charge in [0.25, 0.3) is 0 Å². The summed E-state index contributed by atoms with van der Waals surface area (Å²) in [6.45, 7) is 8.15. The maximum Gasteiger partial charge on any atom is 0.331 e. The van der Waals surface area contributed by atoms with Gasteiger partial charge in [-0.15, -0.1) is 0 Å². The van der Waals surface area contributed by atoms with Crippen LogP contribution in [0.15, 0.2) is 48.6 Å². The average Bonchev–Trinajstić information content (AvgIpc) is 3.08. The molecule has 0 heterocycles. The van der Waals surface area contributed by atoms with Crippen LogP contribution in [0.2, 0.25) is 0 Å². The van der Waals surface area contributed by atoms with E-state index in [0.29, 0.717) is 25.2 Å². The maximum absolute atomic E-state index is 12.8. The number of hydrogen-bond donors (Lipinski definition) is 2. The van der Waals surface area contributed by atoms with E-state index in [4.69, 9.17) is 4.74 Å². The highest BCUT2D eigenvalue weighted by atomic mass is 16.5. The minimum Gasteiger partial charge on any atom is -0.481 e. The summed E-state index contributed by atoms with van der Waals surface area (Å²) in [5.41, 5.74) is -0.779. The van der Waals surface area contributed by atoms with Gasteiger partial charge in [-0.2, -0.15) is 0 Å². The highest BCUT2D eigenvalue weighted by molar-refractivity contribution is 5.87. The average molecular weight is 465 g/mol. The highest BCUT2D eigenvalue weighted by Gasteiger charge is 2.74. The zero-order chi connectivity index (χ0) is 24.4. The standard InChI is InChI=1S/C29H36O5/c1-19-17-28-15-12-22-26(2,29(28,33)16-11-21(19)18-28)14-13-23(27(22,3)25(31)32)34-24(30)10-9-20-7-5-4-6-8-20/h4-10,21-23,33H,1,11-18H2,2-3H3,(H,31,32)/b10-9+/t21-,22+,23-,26-,27+,28-,29-/m0/s1. The molecule has 1 aromatic rings. The van der Waals surface area contributed by atoms with Crippen LogP contribution in [-0.4, -0.2) is 33.9 Å². The minimum atomic E-state index is -1.26. The third-order valence-corrected chi connectivity index (χ3v) is 10.4. The molecule has 0 amide bonds. The fraction of sp³-hybridized carbons (Fsp3) is 0.586. The van der Waals surface area contributed by atoms with Gasteiger partial charge in [0, 0.05) is 16.9 Å². The first-order valence-electron chi connectivity index (χ1n) is 12.6. The minimum absolute atomic E-state index is 0.195. The molecule has 0 unspecified atom stereocenters. The van der Waals surface area contributed by atoms with Crippen LogP contribution in [0.4, 0.5) is 0 Å². The Hall–Kier alpha value is -2.40. The van der Waals surface area contributed by atoms with Crippen molar-refractivity contribution in [3.63, 3.8) is 0 Å². The van der Waals surface area contributed by atoms with E-state index in [0.717, 1.165) is 37.7 Å². The lowest BCUT2D eigenvalue weighted by Gasteiger charge is -2.68. The molecule has 4 aliphatic rings. The van der Waals surface area contributed by atoms with Crippen molar-refractivity contribution in [1.82, 2.24) is 0 Å². The number of esters is 1. The molecule has 2 bridgehead atoms. The molecule has 0 aliphatic heterocycles. The second-order valence-corrected chi connectivity index (χ2v) is 11.7. The lowest BCUT2D eigenvalue weighted by Crippen LogP contribution is -2.71. The third-order valence-electron chi connectivity index (χ3n) is 10.4. The van der Waals surface area contributed by atoms with Gasteiger partial charge in [-0.1, -0.05) is 49.4 Å². The van der Waals surface area contributed by atoms with Gasteiger partial charge in [-0.3, -0.25) is 4.79 Å². The van der Waals surface area contributed by atoms with Gasteiger partial charge < -0.3 is 14.9 Å². The van der Waals surface area contributed by atoms with Crippen molar-refractivity contribution < 1.29 is 24.5 Å². The van der Waals surface area contributed by atoms with Crippen LogP contribution in [-0.2, 0) is 14.3 Å². The Balaban J connectivity index is 1.43. The van der Waals surface area contributed by atoms with Gasteiger partial charge in [0.2, 0.25) is 0 Å². The Morgan fingerprint density at radius 3 is 2.53 bits per heavy atom. The number of allylic oxidation sites excluding steroid dienone is 1. The SMILES string of the molecule is C=C1C[C@]23CC[C@H]4[C@@](C)(C(=O)O)[C@@H](OC(=O)/C=C/c5ccccc5)CC[C@]4(C)[C@@]2(O)CC[C@H]1C3. The van der Waals surface area contributed by atoms with Crippen LogP contribution in [0.5, 0.6) is 0 Å². The van der Waals surface area contributed by atoms with Gasteiger partial charge in [-0.05, 0) is 81.8 Å². The molecule has 0 saturated heterocycles. The summed E-state index contributed by atoms with van der Waals surface area (Å²) in [6, 6.07) is 9.47. The molecule has 5 rings (SSSR count). The number of carboxylic acids is 1. The molecular formula is C29H36O5. The first-order valence-corrected chi connectivity index (χ1v) is 12.6. The Labute approximate surface area is 201 Å². The number of hydrogen-bond acceptors (Lipinski definition) is 4. The molecule has 1 spiro atoms. The van der Waals surface area contributed by atoms with Crippen molar-refractivity contribution in [3.05, 3.63) is 54.1 Å². The van der Waals surface area contributed by atoms with Crippen LogP contribution in [0.25, 0.3) is 6.08 Å². The molecule has 4 saturated carbocycles. The van der Waals surface area contributed by atoms with E-state index in [1.165, 1.54) is 11.6 Å². The van der Waals surface area contributed by atoms with E-state index >= 15 is 0 Å². The smallest absolute Gasteiger partial charge is 0.331 e. The number of carboxylic acid groups (broad SMARTS) is 1. The van der Waals surface area contributed by atoms with Crippen LogP contribution in [0, 0.1) is 28.1 Å². The summed E-state index contributed by atoms with van der Waals surface area (Å²) in [5.74, 6) is -1.26. The van der Waals surface area contributed by atoms with Crippen LogP contribution in [0.3, 0.4) is 0 Å². The van der Waals surface area contributed by atoms with Gasteiger partial charge in [0.05, 0.1) is 5.60 Å². The van der Waals surface area contributed by atoms with E-state index in [1.807, 2.05) is 30.3 Å². The molecule has 182 valence electrons. The van der Waals surface area contributed by atoms with E-state index in [1.54, 1.807) is 13.0 Å². The first kappa shape index (κ1) is 23.3. The summed E-state index contributed by atoms with van der Waals surface area (Å²) in [7, 11) is 0. The lowest BCUT2D eigenvalue weighted by molar-refractivity contribution is -0.276. The second-order valence-electron chi connectivity index (χ2n) is 11.7. The summed E-state index contributed by atoms with van der Waals surface area (Å²) < 4.78 is 5.83. The molecule has 2 N–H and O–H groups in total. The van der Waals surface area contributed by atoms with E-state index < -0.39 is 34.5 Å². The fourth-order valence-electron chi connectivity index (χ4n) is 8.53. The molecule has 5 heteroatoms. The highest BCUT2D eigenvalue weighted by Crippen LogP contribution is 2.74. The maximum atomic E-state index is 12.8. The molecular weight excluding hydrogens is 428 g/mol. The predicted molar refractivity (Wildman–Crippen MR) is 130 cm³/mol. The van der Waals surface area contributed by atoms with Crippen molar-refractivity contribution in [3.8, 4) is 0 Å². The number of ether oxygens (including phenoxy) is 1. The topological polar surface area (TPSA) is 83.8 Å². The lowest BCUT2D eigenvalue weighted by atomic mass is 9.38. The number of aliphatic hydroxyl groups is 1.